The zero-order chi connectivity index (χ0) is 19.8. The van der Waals surface area contributed by atoms with Crippen LogP contribution in [0.1, 0.15) is 61.4 Å². The Balaban J connectivity index is 0.00000210. The van der Waals surface area contributed by atoms with Crippen molar-refractivity contribution in [2.45, 2.75) is 51.9 Å². The molecule has 0 aromatic heterocycles. The van der Waals surface area contributed by atoms with E-state index in [0.29, 0.717) is 23.7 Å². The fourth-order valence-corrected chi connectivity index (χ4v) is 5.60. The maximum absolute atomic E-state index is 13.3. The van der Waals surface area contributed by atoms with E-state index < -0.39 is 15.5 Å². The number of ketones is 1. The molecule has 1 aromatic carbocycles. The van der Waals surface area contributed by atoms with Gasteiger partial charge in [0.15, 0.2) is 5.78 Å². The van der Waals surface area contributed by atoms with E-state index in [9.17, 15) is 13.2 Å². The molecule has 0 amide bonds. The first-order chi connectivity index (χ1) is 12.7. The van der Waals surface area contributed by atoms with E-state index in [4.69, 9.17) is 32.5 Å². The normalized spacial score (nSPS) is 21.4. The summed E-state index contributed by atoms with van der Waals surface area (Å²) in [6, 6.07) is 1.77. The number of Topliss-reactive ketones (excluding diaryl/α,β-unsaturated/α-hetero) is 1. The van der Waals surface area contributed by atoms with Gasteiger partial charge in [-0.25, -0.2) is 0 Å². The summed E-state index contributed by atoms with van der Waals surface area (Å²) >= 11 is 12.8. The first-order valence-electron chi connectivity index (χ1n) is 9.33. The molecule has 2 aliphatic carbocycles. The van der Waals surface area contributed by atoms with E-state index >= 15 is 0 Å². The molecule has 1 unspecified atom stereocenters. The van der Waals surface area contributed by atoms with Crippen LogP contribution < -0.4 is 4.74 Å². The van der Waals surface area contributed by atoms with E-state index in [2.05, 4.69) is 6.92 Å². The van der Waals surface area contributed by atoms with Crippen LogP contribution in [0, 0.1) is 11.3 Å². The quantitative estimate of drug-likeness (QED) is 0.367. The number of hydrogen-bond acceptors (Lipinski definition) is 4. The summed E-state index contributed by atoms with van der Waals surface area (Å²) in [7, 11) is -4.03. The average molecular weight is 477 g/mol. The van der Waals surface area contributed by atoms with E-state index in [1.807, 2.05) is 0 Å². The van der Waals surface area contributed by atoms with E-state index in [1.54, 1.807) is 6.07 Å². The molecule has 3 N–H and O–H groups in total. The van der Waals surface area contributed by atoms with Crippen molar-refractivity contribution in [3.05, 3.63) is 27.2 Å². The molecule has 0 bridgehead atoms. The minimum absolute atomic E-state index is 0. The number of carbonyl (C=O) groups excluding carboxylic acids is 1. The van der Waals surface area contributed by atoms with Crippen LogP contribution in [-0.4, -0.2) is 66.1 Å². The zero-order valence-electron chi connectivity index (χ0n) is 15.8. The number of rotatable bonds is 7. The first kappa shape index (κ1) is 27.2. The van der Waals surface area contributed by atoms with Crippen molar-refractivity contribution in [3.63, 3.8) is 0 Å². The number of benzene rings is 1. The van der Waals surface area contributed by atoms with Gasteiger partial charge in [-0.05, 0) is 49.7 Å². The van der Waals surface area contributed by atoms with Crippen molar-refractivity contribution in [2.75, 3.05) is 12.4 Å². The predicted octanol–water partition coefficient (Wildman–Crippen LogP) is 3.50. The van der Waals surface area contributed by atoms with Crippen molar-refractivity contribution >= 4 is 68.7 Å². The predicted molar refractivity (Wildman–Crippen MR) is 116 cm³/mol. The molecule has 3 rings (SSSR count). The molecule has 160 valence electrons. The standard InChI is InChI=1S/C19H24Cl2O5S.Na.H2O.H/c1-2-19(13-6-3-4-7-13)11-12-10-14(26-8-5-9-27(23,24)25)16(20)17(21)15(12)18(19)22;;;/h10,13H,2-9,11H2,1H3,(H,23,24,25);;1H2;. The summed E-state index contributed by atoms with van der Waals surface area (Å²) in [6.45, 7) is 2.13. The Morgan fingerprint density at radius 3 is 2.41 bits per heavy atom. The van der Waals surface area contributed by atoms with Gasteiger partial charge in [0.1, 0.15) is 10.8 Å². The summed E-state index contributed by atoms with van der Waals surface area (Å²) in [5, 5.41) is 0.395. The van der Waals surface area contributed by atoms with Gasteiger partial charge in [-0.3, -0.25) is 9.35 Å². The van der Waals surface area contributed by atoms with Crippen molar-refractivity contribution in [1.29, 1.82) is 0 Å². The maximum atomic E-state index is 13.3. The van der Waals surface area contributed by atoms with Crippen LogP contribution in [0.4, 0.5) is 0 Å². The third kappa shape index (κ3) is 5.50. The molecule has 0 saturated heterocycles. The first-order valence-corrected chi connectivity index (χ1v) is 11.7. The van der Waals surface area contributed by atoms with E-state index in [1.165, 1.54) is 0 Å². The number of fused-ring (bicyclic) bond motifs is 1. The zero-order valence-corrected chi connectivity index (χ0v) is 18.1. The van der Waals surface area contributed by atoms with Gasteiger partial charge in [0, 0.05) is 11.0 Å². The van der Waals surface area contributed by atoms with Crippen LogP contribution in [0.25, 0.3) is 0 Å². The third-order valence-corrected chi connectivity index (χ3v) is 7.67. The Kier molecular flexibility index (Phi) is 9.97. The topological polar surface area (TPSA) is 112 Å². The molecule has 0 aliphatic heterocycles. The molecule has 6 nitrogen and oxygen atoms in total. The summed E-state index contributed by atoms with van der Waals surface area (Å²) < 4.78 is 36.0. The van der Waals surface area contributed by atoms with Crippen LogP contribution >= 0.6 is 23.2 Å². The Morgan fingerprint density at radius 2 is 1.86 bits per heavy atom. The Morgan fingerprint density at radius 1 is 1.24 bits per heavy atom. The van der Waals surface area contributed by atoms with Crippen LogP contribution in [0.3, 0.4) is 0 Å². The van der Waals surface area contributed by atoms with Gasteiger partial charge in [-0.2, -0.15) is 8.42 Å². The molecule has 0 heterocycles. The molecular formula is C19H27Cl2NaO6S. The second kappa shape index (κ2) is 10.6. The Labute approximate surface area is 204 Å². The van der Waals surface area contributed by atoms with Gasteiger partial charge in [0.2, 0.25) is 0 Å². The van der Waals surface area contributed by atoms with Crippen molar-refractivity contribution in [3.8, 4) is 5.75 Å². The Hall–Kier alpha value is 0.140. The summed E-state index contributed by atoms with van der Waals surface area (Å²) in [4.78, 5) is 13.3. The molecule has 1 fully saturated rings. The van der Waals surface area contributed by atoms with Crippen LogP contribution in [0.5, 0.6) is 5.75 Å². The number of hydrogen-bond donors (Lipinski definition) is 1. The van der Waals surface area contributed by atoms with Gasteiger partial charge in [-0.15, -0.1) is 0 Å². The number of ether oxygens (including phenoxy) is 1. The molecule has 1 saturated carbocycles. The summed E-state index contributed by atoms with van der Waals surface area (Å²) in [5.74, 6) is 0.428. The molecule has 2 aliphatic rings. The monoisotopic (exact) mass is 476 g/mol. The summed E-state index contributed by atoms with van der Waals surface area (Å²) in [6.07, 6.45) is 5.99. The number of carbonyl (C=O) groups is 1. The molecule has 29 heavy (non-hydrogen) atoms. The fourth-order valence-electron chi connectivity index (χ4n) is 4.62. The second-order valence-electron chi connectivity index (χ2n) is 7.52. The van der Waals surface area contributed by atoms with Crippen molar-refractivity contribution < 1.29 is 28.0 Å². The summed E-state index contributed by atoms with van der Waals surface area (Å²) in [5.41, 5.74) is 0.962. The second-order valence-corrected chi connectivity index (χ2v) is 9.85. The molecule has 10 heteroatoms. The average Bonchev–Trinajstić information content (AvgIpc) is 3.22. The molecular weight excluding hydrogens is 450 g/mol. The molecule has 1 atom stereocenters. The van der Waals surface area contributed by atoms with Gasteiger partial charge in [0.25, 0.3) is 10.1 Å². The van der Waals surface area contributed by atoms with Gasteiger partial charge < -0.3 is 10.2 Å². The molecule has 0 radical (unpaired) electrons. The van der Waals surface area contributed by atoms with Gasteiger partial charge >= 0.3 is 29.6 Å². The number of halogens is 2. The van der Waals surface area contributed by atoms with Crippen molar-refractivity contribution in [2.24, 2.45) is 11.3 Å². The SMILES string of the molecule is CCC1(C2CCCC2)Cc2cc(OCCCS(=O)(=O)O)c(Cl)c(Cl)c2C1=O.O.[NaH]. The van der Waals surface area contributed by atoms with Crippen LogP contribution in [0.15, 0.2) is 6.07 Å². The van der Waals surface area contributed by atoms with E-state index in [0.717, 1.165) is 37.7 Å². The van der Waals surface area contributed by atoms with E-state index in [-0.39, 0.29) is 69.6 Å². The Bertz CT molecular complexity index is 855. The van der Waals surface area contributed by atoms with Gasteiger partial charge in [-0.1, -0.05) is 43.0 Å². The fraction of sp³-hybridized carbons (Fsp3) is 0.632. The molecule has 0 spiro atoms. The molecule has 1 aromatic rings. The minimum atomic E-state index is -4.03. The van der Waals surface area contributed by atoms with Crippen molar-refractivity contribution in [1.82, 2.24) is 0 Å². The van der Waals surface area contributed by atoms with Crippen LogP contribution in [-0.2, 0) is 16.5 Å². The third-order valence-electron chi connectivity index (χ3n) is 6.01. The van der Waals surface area contributed by atoms with Crippen LogP contribution in [0.2, 0.25) is 10.0 Å². The van der Waals surface area contributed by atoms with Gasteiger partial charge in [0.05, 0.1) is 17.4 Å².